The molecule has 6 nitrogen and oxygen atoms in total. The summed E-state index contributed by atoms with van der Waals surface area (Å²) in [7, 11) is 1.52. The zero-order chi connectivity index (χ0) is 21.2. The Morgan fingerprint density at radius 2 is 1.76 bits per heavy atom. The van der Waals surface area contributed by atoms with E-state index in [0.29, 0.717) is 11.3 Å². The van der Waals surface area contributed by atoms with Gasteiger partial charge in [-0.25, -0.2) is 4.79 Å². The van der Waals surface area contributed by atoms with Gasteiger partial charge in [0.15, 0.2) is 6.10 Å². The van der Waals surface area contributed by atoms with E-state index in [0.717, 1.165) is 29.7 Å². The first kappa shape index (κ1) is 20.2. The predicted molar refractivity (Wildman–Crippen MR) is 99.8 cm³/mol. The van der Waals surface area contributed by atoms with Crippen LogP contribution in [-0.4, -0.2) is 30.1 Å². The summed E-state index contributed by atoms with van der Waals surface area (Å²) < 4.78 is 48.0. The highest BCUT2D eigenvalue weighted by atomic mass is 19.4. The number of aromatic nitrogens is 1. The molecule has 0 aliphatic heterocycles. The number of rotatable bonds is 5. The van der Waals surface area contributed by atoms with Gasteiger partial charge in [-0.15, -0.1) is 0 Å². The second kappa shape index (κ2) is 7.86. The molecule has 0 saturated carbocycles. The number of amides is 1. The molecule has 3 rings (SSSR count). The van der Waals surface area contributed by atoms with Crippen molar-refractivity contribution in [3.05, 3.63) is 59.8 Å². The van der Waals surface area contributed by atoms with E-state index < -0.39 is 29.7 Å². The summed E-state index contributed by atoms with van der Waals surface area (Å²) in [5.41, 5.74) is 0.148. The second-order valence-electron chi connectivity index (χ2n) is 6.25. The first-order valence-corrected chi connectivity index (χ1v) is 8.53. The fraction of sp³-hybridized carbons (Fsp3) is 0.200. The van der Waals surface area contributed by atoms with Crippen molar-refractivity contribution in [2.45, 2.75) is 19.2 Å². The predicted octanol–water partition coefficient (Wildman–Crippen LogP) is 4.38. The zero-order valence-corrected chi connectivity index (χ0v) is 15.5. The maximum atomic E-state index is 12.6. The number of benzene rings is 2. The van der Waals surface area contributed by atoms with Crippen LogP contribution in [0.4, 0.5) is 18.9 Å². The largest absolute Gasteiger partial charge is 0.497 e. The second-order valence-corrected chi connectivity index (χ2v) is 6.25. The first-order chi connectivity index (χ1) is 13.7. The summed E-state index contributed by atoms with van der Waals surface area (Å²) >= 11 is 0. The molecule has 3 aromatic rings. The number of H-pyrrole nitrogens is 1. The Labute approximate surface area is 163 Å². The number of aromatic amines is 1. The van der Waals surface area contributed by atoms with Crippen molar-refractivity contribution in [2.24, 2.45) is 0 Å². The summed E-state index contributed by atoms with van der Waals surface area (Å²) in [5.74, 6) is -0.797. The molecule has 0 aliphatic rings. The molecule has 2 aromatic carbocycles. The third-order valence-corrected chi connectivity index (χ3v) is 4.18. The Morgan fingerprint density at radius 1 is 1.07 bits per heavy atom. The third kappa shape index (κ3) is 4.68. The lowest BCUT2D eigenvalue weighted by Gasteiger charge is -2.13. The molecule has 0 spiro atoms. The van der Waals surface area contributed by atoms with Crippen molar-refractivity contribution in [3.63, 3.8) is 0 Å². The van der Waals surface area contributed by atoms with Gasteiger partial charge in [-0.3, -0.25) is 4.79 Å². The smallest absolute Gasteiger partial charge is 0.416 e. The van der Waals surface area contributed by atoms with E-state index >= 15 is 0 Å². The maximum Gasteiger partial charge on any atom is 0.416 e. The van der Waals surface area contributed by atoms with Crippen molar-refractivity contribution in [1.29, 1.82) is 0 Å². The molecule has 2 N–H and O–H groups in total. The Hall–Kier alpha value is -3.49. The van der Waals surface area contributed by atoms with Crippen molar-refractivity contribution < 1.29 is 32.2 Å². The lowest BCUT2D eigenvalue weighted by Crippen LogP contribution is -2.30. The minimum Gasteiger partial charge on any atom is -0.497 e. The van der Waals surface area contributed by atoms with Gasteiger partial charge in [0.25, 0.3) is 5.91 Å². The summed E-state index contributed by atoms with van der Waals surface area (Å²) in [6.07, 6.45) is -5.62. The van der Waals surface area contributed by atoms with Gasteiger partial charge < -0.3 is 19.8 Å². The van der Waals surface area contributed by atoms with Crippen molar-refractivity contribution >= 4 is 28.5 Å². The van der Waals surface area contributed by atoms with Crippen LogP contribution in [0.3, 0.4) is 0 Å². The molecule has 152 valence electrons. The molecule has 0 saturated heterocycles. The van der Waals surface area contributed by atoms with E-state index in [4.69, 9.17) is 9.47 Å². The van der Waals surface area contributed by atoms with Crippen molar-refractivity contribution in [1.82, 2.24) is 4.98 Å². The van der Waals surface area contributed by atoms with Gasteiger partial charge in [0.2, 0.25) is 0 Å². The SMILES string of the molecule is COc1ccc2cc(C(=O)O[C@H](C)C(=O)Nc3ccc(C(F)(F)F)cc3)[nH]c2c1. The Morgan fingerprint density at radius 3 is 2.38 bits per heavy atom. The van der Waals surface area contributed by atoms with E-state index in [1.807, 2.05) is 0 Å². The highest BCUT2D eigenvalue weighted by Gasteiger charge is 2.30. The number of halogens is 3. The minimum atomic E-state index is -4.46. The molecular formula is C20H17F3N2O4. The number of hydrogen-bond acceptors (Lipinski definition) is 4. The monoisotopic (exact) mass is 406 g/mol. The number of ether oxygens (including phenoxy) is 2. The Bertz CT molecular complexity index is 1040. The number of methoxy groups -OCH3 is 1. The molecule has 0 fully saturated rings. The van der Waals surface area contributed by atoms with Crippen LogP contribution in [-0.2, 0) is 15.7 Å². The molecule has 1 amide bonds. The lowest BCUT2D eigenvalue weighted by molar-refractivity contribution is -0.137. The van der Waals surface area contributed by atoms with Crippen LogP contribution in [0.2, 0.25) is 0 Å². The van der Waals surface area contributed by atoms with Crippen LogP contribution < -0.4 is 10.1 Å². The Balaban J connectivity index is 1.63. The number of esters is 1. The quantitative estimate of drug-likeness (QED) is 0.617. The van der Waals surface area contributed by atoms with Crippen LogP contribution in [0.25, 0.3) is 10.9 Å². The zero-order valence-electron chi connectivity index (χ0n) is 15.5. The molecule has 1 aromatic heterocycles. The molecule has 0 radical (unpaired) electrons. The number of hydrogen-bond donors (Lipinski definition) is 2. The highest BCUT2D eigenvalue weighted by molar-refractivity contribution is 5.99. The number of alkyl halides is 3. The van der Waals surface area contributed by atoms with Crippen molar-refractivity contribution in [2.75, 3.05) is 12.4 Å². The van der Waals surface area contributed by atoms with Crippen LogP contribution in [0.1, 0.15) is 23.0 Å². The molecule has 0 unspecified atom stereocenters. The van der Waals surface area contributed by atoms with Gasteiger partial charge in [0.05, 0.1) is 12.7 Å². The van der Waals surface area contributed by atoms with Gasteiger partial charge >= 0.3 is 12.1 Å². The highest BCUT2D eigenvalue weighted by Crippen LogP contribution is 2.29. The summed E-state index contributed by atoms with van der Waals surface area (Å²) in [6, 6.07) is 10.8. The van der Waals surface area contributed by atoms with E-state index in [-0.39, 0.29) is 11.4 Å². The fourth-order valence-electron chi connectivity index (χ4n) is 2.61. The average Bonchev–Trinajstić information content (AvgIpc) is 3.11. The van der Waals surface area contributed by atoms with E-state index in [1.54, 1.807) is 24.3 Å². The molecule has 9 heteroatoms. The molecule has 1 heterocycles. The molecular weight excluding hydrogens is 389 g/mol. The number of carbonyl (C=O) groups is 2. The first-order valence-electron chi connectivity index (χ1n) is 8.53. The van der Waals surface area contributed by atoms with Crippen LogP contribution >= 0.6 is 0 Å². The summed E-state index contributed by atoms with van der Waals surface area (Å²) in [6.45, 7) is 1.36. The number of carbonyl (C=O) groups excluding carboxylic acids is 2. The standard InChI is InChI=1S/C20H17F3N2O4/c1-11(18(26)24-14-6-4-13(5-7-14)20(21,22)23)29-19(27)17-9-12-3-8-15(28-2)10-16(12)25-17/h3-11,25H,1-2H3,(H,24,26)/t11-/m1/s1. The normalized spacial score (nSPS) is 12.4. The number of nitrogens with one attached hydrogen (secondary N) is 2. The van der Waals surface area contributed by atoms with Gasteiger partial charge in [-0.2, -0.15) is 13.2 Å². The van der Waals surface area contributed by atoms with Gasteiger partial charge in [-0.05, 0) is 49.4 Å². The topological polar surface area (TPSA) is 80.4 Å². The van der Waals surface area contributed by atoms with Crippen molar-refractivity contribution in [3.8, 4) is 5.75 Å². The molecule has 1 atom stereocenters. The Kier molecular flexibility index (Phi) is 5.49. The average molecular weight is 406 g/mol. The van der Waals surface area contributed by atoms with Gasteiger partial charge in [0.1, 0.15) is 11.4 Å². The lowest BCUT2D eigenvalue weighted by atomic mass is 10.2. The number of anilines is 1. The summed E-state index contributed by atoms with van der Waals surface area (Å²) in [5, 5.41) is 3.17. The minimum absolute atomic E-state index is 0.155. The molecule has 0 aliphatic carbocycles. The molecule has 0 bridgehead atoms. The maximum absolute atomic E-state index is 12.6. The summed E-state index contributed by atoms with van der Waals surface area (Å²) in [4.78, 5) is 27.4. The van der Waals surface area contributed by atoms with Gasteiger partial charge in [0, 0.05) is 22.7 Å². The van der Waals surface area contributed by atoms with Crippen LogP contribution in [0.5, 0.6) is 5.75 Å². The third-order valence-electron chi connectivity index (χ3n) is 4.18. The molecule has 29 heavy (non-hydrogen) atoms. The van der Waals surface area contributed by atoms with Crippen LogP contribution in [0.15, 0.2) is 48.5 Å². The van der Waals surface area contributed by atoms with Gasteiger partial charge in [-0.1, -0.05) is 0 Å². The van der Waals surface area contributed by atoms with E-state index in [2.05, 4.69) is 10.3 Å². The fourth-order valence-corrected chi connectivity index (χ4v) is 2.61. The van der Waals surface area contributed by atoms with Crippen LogP contribution in [0, 0.1) is 0 Å². The van der Waals surface area contributed by atoms with E-state index in [1.165, 1.54) is 14.0 Å². The van der Waals surface area contributed by atoms with E-state index in [9.17, 15) is 22.8 Å². The number of fused-ring (bicyclic) bond motifs is 1.